The molecule has 4 heterocycles. The van der Waals surface area contributed by atoms with Crippen molar-refractivity contribution in [1.82, 2.24) is 9.80 Å². The van der Waals surface area contributed by atoms with Gasteiger partial charge in [0.2, 0.25) is 0 Å². The highest BCUT2D eigenvalue weighted by Gasteiger charge is 2.50. The summed E-state index contributed by atoms with van der Waals surface area (Å²) in [5.74, 6) is -0.114. The van der Waals surface area contributed by atoms with E-state index in [0.717, 1.165) is 0 Å². The third-order valence-electron chi connectivity index (χ3n) is 3.88. The Morgan fingerprint density at radius 3 is 2.11 bits per heavy atom. The van der Waals surface area contributed by atoms with E-state index < -0.39 is 0 Å². The zero-order valence-corrected chi connectivity index (χ0v) is 10.5. The van der Waals surface area contributed by atoms with Crippen molar-refractivity contribution in [1.29, 1.82) is 0 Å². The van der Waals surface area contributed by atoms with Crippen molar-refractivity contribution in [2.24, 2.45) is 0 Å². The fourth-order valence-electron chi connectivity index (χ4n) is 2.52. The number of epoxide rings is 3. The van der Waals surface area contributed by atoms with Crippen LogP contribution in [0.2, 0.25) is 0 Å². The molecule has 7 nitrogen and oxygen atoms in total. The maximum absolute atomic E-state index is 12.4. The fraction of sp³-hybridized carbons (Fsp3) is 0.833. The van der Waals surface area contributed by atoms with Gasteiger partial charge in [-0.25, -0.2) is 4.79 Å². The van der Waals surface area contributed by atoms with Crippen LogP contribution in [0.5, 0.6) is 0 Å². The third-order valence-corrected chi connectivity index (χ3v) is 3.88. The number of amides is 3. The van der Waals surface area contributed by atoms with Crippen molar-refractivity contribution in [3.63, 3.8) is 0 Å². The molecule has 3 amide bonds. The van der Waals surface area contributed by atoms with Gasteiger partial charge in [0.15, 0.2) is 0 Å². The van der Waals surface area contributed by atoms with Gasteiger partial charge in [0.25, 0.3) is 5.91 Å². The minimum Gasteiger partial charge on any atom is -0.373 e. The van der Waals surface area contributed by atoms with E-state index >= 15 is 0 Å². The molecular weight excluding hydrogens is 252 g/mol. The van der Waals surface area contributed by atoms with Crippen LogP contribution in [0.1, 0.15) is 6.42 Å². The normalized spacial score (nSPS) is 40.0. The standard InChI is InChI=1S/C12H16N2O5/c15-11-10(1-7-4-17-7)13(2-8-5-18-8)12(16)14(11)3-9-6-19-9/h7-10H,1-6H2. The first-order valence-corrected chi connectivity index (χ1v) is 6.69. The summed E-state index contributed by atoms with van der Waals surface area (Å²) in [6.07, 6.45) is 0.847. The third kappa shape index (κ3) is 2.33. The molecule has 0 radical (unpaired) electrons. The monoisotopic (exact) mass is 268 g/mol. The summed E-state index contributed by atoms with van der Waals surface area (Å²) in [4.78, 5) is 27.7. The van der Waals surface area contributed by atoms with Crippen LogP contribution in [0.4, 0.5) is 4.79 Å². The van der Waals surface area contributed by atoms with E-state index in [4.69, 9.17) is 14.2 Å². The first kappa shape index (κ1) is 11.6. The second-order valence-electron chi connectivity index (χ2n) is 5.50. The van der Waals surface area contributed by atoms with Crippen LogP contribution in [0, 0.1) is 0 Å². The van der Waals surface area contributed by atoms with Gasteiger partial charge in [-0.05, 0) is 0 Å². The highest BCUT2D eigenvalue weighted by Crippen LogP contribution is 2.29. The van der Waals surface area contributed by atoms with Gasteiger partial charge in [0.1, 0.15) is 6.04 Å². The highest BCUT2D eigenvalue weighted by atomic mass is 16.6. The van der Waals surface area contributed by atoms with Crippen LogP contribution in [0.3, 0.4) is 0 Å². The molecule has 4 rings (SSSR count). The molecule has 0 aromatic carbocycles. The molecule has 0 aromatic rings. The Bertz CT molecular complexity index is 384. The van der Waals surface area contributed by atoms with Crippen LogP contribution >= 0.6 is 0 Å². The highest BCUT2D eigenvalue weighted by molar-refractivity contribution is 6.04. The first-order chi connectivity index (χ1) is 9.22. The Balaban J connectivity index is 1.50. The van der Waals surface area contributed by atoms with Crippen LogP contribution in [-0.4, -0.2) is 79.0 Å². The second-order valence-corrected chi connectivity index (χ2v) is 5.50. The minimum atomic E-state index is -0.386. The quantitative estimate of drug-likeness (QED) is 0.466. The first-order valence-electron chi connectivity index (χ1n) is 6.69. The average Bonchev–Trinajstić information content (AvgIpc) is 3.26. The lowest BCUT2D eigenvalue weighted by molar-refractivity contribution is -0.128. The van der Waals surface area contributed by atoms with Crippen molar-refractivity contribution < 1.29 is 23.8 Å². The van der Waals surface area contributed by atoms with E-state index in [1.807, 2.05) is 0 Å². The molecule has 7 heteroatoms. The number of ether oxygens (including phenoxy) is 3. The van der Waals surface area contributed by atoms with Crippen molar-refractivity contribution in [2.75, 3.05) is 32.9 Å². The second kappa shape index (κ2) is 4.16. The number of rotatable bonds is 6. The Labute approximate surface area is 110 Å². The number of carbonyl (C=O) groups excluding carboxylic acids is 2. The Morgan fingerprint density at radius 1 is 0.947 bits per heavy atom. The Hall–Kier alpha value is -1.18. The summed E-state index contributed by atoms with van der Waals surface area (Å²) in [5, 5.41) is 0. The summed E-state index contributed by atoms with van der Waals surface area (Å²) < 4.78 is 15.5. The molecule has 4 aliphatic rings. The molecule has 4 saturated heterocycles. The van der Waals surface area contributed by atoms with Crippen LogP contribution in [0.25, 0.3) is 0 Å². The predicted molar refractivity (Wildman–Crippen MR) is 61.4 cm³/mol. The molecule has 19 heavy (non-hydrogen) atoms. The average molecular weight is 268 g/mol. The lowest BCUT2D eigenvalue weighted by atomic mass is 10.1. The predicted octanol–water partition coefficient (Wildman–Crippen LogP) is -0.794. The fourth-order valence-corrected chi connectivity index (χ4v) is 2.52. The number of imide groups is 1. The summed E-state index contributed by atoms with van der Waals surface area (Å²) in [6.45, 7) is 2.89. The summed E-state index contributed by atoms with van der Waals surface area (Å²) >= 11 is 0. The molecule has 0 saturated carbocycles. The lowest BCUT2D eigenvalue weighted by Crippen LogP contribution is -2.39. The Morgan fingerprint density at radius 2 is 1.53 bits per heavy atom. The zero-order chi connectivity index (χ0) is 13.0. The van der Waals surface area contributed by atoms with Crippen LogP contribution in [-0.2, 0) is 19.0 Å². The van der Waals surface area contributed by atoms with Crippen molar-refractivity contribution in [3.8, 4) is 0 Å². The molecule has 0 spiro atoms. The molecule has 4 aliphatic heterocycles. The molecule has 0 bridgehead atoms. The van der Waals surface area contributed by atoms with E-state index in [2.05, 4.69) is 0 Å². The molecule has 0 aliphatic carbocycles. The number of urea groups is 1. The molecule has 0 N–H and O–H groups in total. The summed E-state index contributed by atoms with van der Waals surface area (Å²) in [5.41, 5.74) is 0. The summed E-state index contributed by atoms with van der Waals surface area (Å²) in [7, 11) is 0. The van der Waals surface area contributed by atoms with E-state index in [1.165, 1.54) is 4.90 Å². The number of hydrogen-bond donors (Lipinski definition) is 0. The molecule has 104 valence electrons. The van der Waals surface area contributed by atoms with E-state index in [1.54, 1.807) is 4.90 Å². The SMILES string of the molecule is O=C1C(CC2CO2)N(CC2CO2)C(=O)N1CC1CO1. The minimum absolute atomic E-state index is 0.0304. The van der Waals surface area contributed by atoms with Crippen molar-refractivity contribution >= 4 is 11.9 Å². The van der Waals surface area contributed by atoms with E-state index in [9.17, 15) is 9.59 Å². The van der Waals surface area contributed by atoms with Crippen LogP contribution in [0.15, 0.2) is 0 Å². The Kier molecular flexibility index (Phi) is 2.54. The topological polar surface area (TPSA) is 78.2 Å². The van der Waals surface area contributed by atoms with Gasteiger partial charge in [-0.15, -0.1) is 0 Å². The van der Waals surface area contributed by atoms with E-state index in [-0.39, 0.29) is 36.3 Å². The van der Waals surface area contributed by atoms with Gasteiger partial charge in [-0.2, -0.15) is 0 Å². The maximum atomic E-state index is 12.4. The van der Waals surface area contributed by atoms with Gasteiger partial charge in [-0.1, -0.05) is 0 Å². The molecular formula is C12H16N2O5. The maximum Gasteiger partial charge on any atom is 0.327 e. The largest absolute Gasteiger partial charge is 0.373 e. The summed E-state index contributed by atoms with van der Waals surface area (Å²) in [6, 6.07) is -0.593. The van der Waals surface area contributed by atoms with Crippen LogP contribution < -0.4 is 0 Å². The molecule has 4 fully saturated rings. The molecule has 4 atom stereocenters. The van der Waals surface area contributed by atoms with Gasteiger partial charge >= 0.3 is 6.03 Å². The van der Waals surface area contributed by atoms with Crippen molar-refractivity contribution in [2.45, 2.75) is 30.8 Å². The number of hydrogen-bond acceptors (Lipinski definition) is 5. The smallest absolute Gasteiger partial charge is 0.327 e. The van der Waals surface area contributed by atoms with Gasteiger partial charge < -0.3 is 19.1 Å². The molecule has 4 unspecified atom stereocenters. The van der Waals surface area contributed by atoms with Crippen molar-refractivity contribution in [3.05, 3.63) is 0 Å². The van der Waals surface area contributed by atoms with Gasteiger partial charge in [0.05, 0.1) is 51.2 Å². The number of nitrogens with zero attached hydrogens (tertiary/aromatic N) is 2. The zero-order valence-electron chi connectivity index (χ0n) is 10.5. The number of carbonyl (C=O) groups is 2. The lowest BCUT2D eigenvalue weighted by Gasteiger charge is -2.20. The van der Waals surface area contributed by atoms with E-state index in [0.29, 0.717) is 39.3 Å². The molecule has 0 aromatic heterocycles. The van der Waals surface area contributed by atoms with Gasteiger partial charge in [0, 0.05) is 6.42 Å². The van der Waals surface area contributed by atoms with Gasteiger partial charge in [-0.3, -0.25) is 9.69 Å².